The zero-order valence-electron chi connectivity index (χ0n) is 18.6. The number of halogens is 2. The topological polar surface area (TPSA) is 150 Å². The van der Waals surface area contributed by atoms with Crippen LogP contribution in [0, 0.1) is 6.92 Å². The smallest absolute Gasteiger partial charge is 0.269 e. The van der Waals surface area contributed by atoms with Crippen molar-refractivity contribution in [2.75, 3.05) is 0 Å². The van der Waals surface area contributed by atoms with E-state index in [4.69, 9.17) is 39.4 Å². The van der Waals surface area contributed by atoms with Crippen LogP contribution in [0.5, 0.6) is 5.75 Å². The zero-order chi connectivity index (χ0) is 25.3. The molecule has 1 aromatic heterocycles. The summed E-state index contributed by atoms with van der Waals surface area (Å²) in [6, 6.07) is 11.9. The number of carbonyl (C=O) groups excluding carboxylic acids is 1. The summed E-state index contributed by atoms with van der Waals surface area (Å²) < 4.78 is 34.3. The van der Waals surface area contributed by atoms with Gasteiger partial charge in [0, 0.05) is 21.7 Å². The fourth-order valence-electron chi connectivity index (χ4n) is 3.09. The molecule has 0 aliphatic carbocycles. The first-order chi connectivity index (χ1) is 15.8. The molecule has 1 heterocycles. The number of aliphatic imine (C=N–C) groups is 1. The summed E-state index contributed by atoms with van der Waals surface area (Å²) in [6.45, 7) is 4.39. The minimum Gasteiger partial charge on any atom is -0.487 e. The van der Waals surface area contributed by atoms with Crippen LogP contribution < -0.4 is 20.9 Å². The van der Waals surface area contributed by atoms with Crippen molar-refractivity contribution in [2.24, 2.45) is 16.5 Å². The monoisotopic (exact) mass is 523 g/mol. The summed E-state index contributed by atoms with van der Waals surface area (Å²) in [4.78, 5) is 19.9. The Kier molecular flexibility index (Phi) is 7.37. The van der Waals surface area contributed by atoms with Gasteiger partial charge in [-0.25, -0.2) is 13.4 Å². The van der Waals surface area contributed by atoms with Gasteiger partial charge in [0.15, 0.2) is 5.96 Å². The van der Waals surface area contributed by atoms with Crippen LogP contribution in [0.15, 0.2) is 52.4 Å². The molecule has 3 aromatic rings. The van der Waals surface area contributed by atoms with Crippen LogP contribution in [0.3, 0.4) is 0 Å². The maximum atomic E-state index is 13.1. The van der Waals surface area contributed by atoms with Crippen LogP contribution in [0.4, 0.5) is 0 Å². The van der Waals surface area contributed by atoms with E-state index >= 15 is 0 Å². The number of benzene rings is 2. The van der Waals surface area contributed by atoms with Crippen molar-refractivity contribution in [1.29, 1.82) is 0 Å². The predicted octanol–water partition coefficient (Wildman–Crippen LogP) is 3.29. The molecule has 12 heteroatoms. The average molecular weight is 524 g/mol. The van der Waals surface area contributed by atoms with Crippen molar-refractivity contribution >= 4 is 56.0 Å². The maximum absolute atomic E-state index is 13.1. The first kappa shape index (κ1) is 25.7. The number of amides is 1. The molecule has 0 aliphatic rings. The molecule has 9 nitrogen and oxygen atoms in total. The highest BCUT2D eigenvalue weighted by Gasteiger charge is 2.35. The van der Waals surface area contributed by atoms with Gasteiger partial charge in [-0.2, -0.15) is 9.71 Å². The van der Waals surface area contributed by atoms with Gasteiger partial charge in [-0.3, -0.25) is 4.79 Å². The number of nitrogens with one attached hydrogen (secondary N) is 1. The number of aryl methyl sites for hydroxylation is 1. The van der Waals surface area contributed by atoms with Crippen molar-refractivity contribution in [1.82, 2.24) is 9.71 Å². The van der Waals surface area contributed by atoms with Gasteiger partial charge < -0.3 is 16.2 Å². The number of fused-ring (bicyclic) bond motifs is 1. The summed E-state index contributed by atoms with van der Waals surface area (Å²) in [7, 11) is -4.27. The van der Waals surface area contributed by atoms with Crippen molar-refractivity contribution in [3.63, 3.8) is 0 Å². The molecule has 0 unspecified atom stereocenters. The van der Waals surface area contributed by atoms with Crippen molar-refractivity contribution < 1.29 is 17.9 Å². The van der Waals surface area contributed by atoms with E-state index in [0.29, 0.717) is 11.3 Å². The minimum absolute atomic E-state index is 0.119. The van der Waals surface area contributed by atoms with Crippen LogP contribution in [-0.4, -0.2) is 30.8 Å². The van der Waals surface area contributed by atoms with Gasteiger partial charge in [-0.1, -0.05) is 41.4 Å². The number of ether oxygens (including phenoxy) is 1. The van der Waals surface area contributed by atoms with Gasteiger partial charge in [0.25, 0.3) is 5.91 Å². The predicted molar refractivity (Wildman–Crippen MR) is 132 cm³/mol. The van der Waals surface area contributed by atoms with Crippen LogP contribution >= 0.6 is 23.2 Å². The molecule has 0 atom stereocenters. The lowest BCUT2D eigenvalue weighted by Crippen LogP contribution is -2.49. The normalized spacial score (nSPS) is 11.9. The molecule has 5 N–H and O–H groups in total. The zero-order valence-corrected chi connectivity index (χ0v) is 20.9. The van der Waals surface area contributed by atoms with E-state index in [9.17, 15) is 13.2 Å². The quantitative estimate of drug-likeness (QED) is 0.317. The highest BCUT2D eigenvalue weighted by molar-refractivity contribution is 7.89. The molecule has 0 saturated heterocycles. The molecular weight excluding hydrogens is 501 g/mol. The molecule has 0 bridgehead atoms. The molecule has 0 fully saturated rings. The number of hydrogen-bond donors (Lipinski definition) is 3. The van der Waals surface area contributed by atoms with Gasteiger partial charge in [-0.15, -0.1) is 0 Å². The second-order valence-corrected chi connectivity index (χ2v) is 10.4. The number of carbonyl (C=O) groups is 1. The van der Waals surface area contributed by atoms with Crippen molar-refractivity contribution in [3.05, 3.63) is 63.8 Å². The second-order valence-electron chi connectivity index (χ2n) is 7.98. The highest BCUT2D eigenvalue weighted by atomic mass is 35.5. The van der Waals surface area contributed by atoms with Gasteiger partial charge >= 0.3 is 0 Å². The third-order valence-electron chi connectivity index (χ3n) is 4.79. The molecule has 0 spiro atoms. The Hall–Kier alpha value is -2.92. The fraction of sp³-hybridized carbons (Fsp3) is 0.227. The highest BCUT2D eigenvalue weighted by Crippen LogP contribution is 2.33. The minimum atomic E-state index is -4.27. The number of nitrogens with zero attached hydrogens (tertiary/aromatic N) is 2. The van der Waals surface area contributed by atoms with Crippen molar-refractivity contribution in [3.8, 4) is 5.75 Å². The first-order valence-corrected chi connectivity index (χ1v) is 12.2. The molecule has 180 valence electrons. The maximum Gasteiger partial charge on any atom is 0.269 e. The molecule has 3 rings (SSSR count). The molecule has 34 heavy (non-hydrogen) atoms. The Morgan fingerprint density at radius 1 is 1.15 bits per heavy atom. The summed E-state index contributed by atoms with van der Waals surface area (Å²) in [5, 5.41) is 0.951. The number of rotatable bonds is 7. The third-order valence-corrected chi connectivity index (χ3v) is 7.39. The van der Waals surface area contributed by atoms with Gasteiger partial charge in [0.05, 0.1) is 5.02 Å². The SMILES string of the molecule is Cc1ccc2cccc(OCc3c(Cl)ccc(S(=O)(=O)NC(C)(C)C(=O)N=C(N)N)c3Cl)c2n1. The van der Waals surface area contributed by atoms with E-state index in [-0.39, 0.29) is 27.1 Å². The Morgan fingerprint density at radius 3 is 2.53 bits per heavy atom. The number of nitrogens with two attached hydrogens (primary N) is 2. The summed E-state index contributed by atoms with van der Waals surface area (Å²) in [6.07, 6.45) is 0. The van der Waals surface area contributed by atoms with E-state index in [1.807, 2.05) is 31.2 Å². The summed E-state index contributed by atoms with van der Waals surface area (Å²) in [5.74, 6) is -0.869. The van der Waals surface area contributed by atoms with Crippen LogP contribution in [0.25, 0.3) is 10.9 Å². The number of sulfonamides is 1. The largest absolute Gasteiger partial charge is 0.487 e. The first-order valence-electron chi connectivity index (χ1n) is 9.96. The van der Waals surface area contributed by atoms with E-state index in [1.54, 1.807) is 6.07 Å². The lowest BCUT2D eigenvalue weighted by atomic mass is 10.1. The van der Waals surface area contributed by atoms with Crippen LogP contribution in [0.1, 0.15) is 25.1 Å². The van der Waals surface area contributed by atoms with Crippen molar-refractivity contribution in [2.45, 2.75) is 37.8 Å². The summed E-state index contributed by atoms with van der Waals surface area (Å²) >= 11 is 12.8. The van der Waals surface area contributed by atoms with Gasteiger partial charge in [0.1, 0.15) is 28.3 Å². The number of aromatic nitrogens is 1. The third kappa shape index (κ3) is 5.58. The Bertz CT molecular complexity index is 1400. The Balaban J connectivity index is 1.93. The van der Waals surface area contributed by atoms with Gasteiger partial charge in [0.2, 0.25) is 10.0 Å². The van der Waals surface area contributed by atoms with Gasteiger partial charge in [-0.05, 0) is 45.0 Å². The summed E-state index contributed by atoms with van der Waals surface area (Å²) in [5.41, 5.74) is 10.5. The van der Waals surface area contributed by atoms with E-state index in [2.05, 4.69) is 14.7 Å². The second kappa shape index (κ2) is 9.75. The molecule has 0 aliphatic heterocycles. The number of para-hydroxylation sites is 1. The molecule has 0 radical (unpaired) electrons. The standard InChI is InChI=1S/C22H23Cl2N5O4S/c1-12-7-8-13-5-4-6-16(19(13)27-12)33-11-14-15(23)9-10-17(18(14)24)34(31,32)29-22(2,3)20(30)28-21(25)26/h4-10,29H,11H2,1-3H3,(H4,25,26,28,30). The fourth-order valence-corrected chi connectivity index (χ4v) is 5.35. The molecule has 0 saturated carbocycles. The lowest BCUT2D eigenvalue weighted by Gasteiger charge is -2.23. The number of pyridine rings is 1. The Labute approximate surface area is 207 Å². The van der Waals surface area contributed by atoms with Crippen LogP contribution in [0.2, 0.25) is 10.0 Å². The van der Waals surface area contributed by atoms with E-state index in [0.717, 1.165) is 11.1 Å². The van der Waals surface area contributed by atoms with Crippen LogP contribution in [-0.2, 0) is 21.4 Å². The molecule has 1 amide bonds. The Morgan fingerprint density at radius 2 is 1.85 bits per heavy atom. The van der Waals surface area contributed by atoms with E-state index in [1.165, 1.54) is 26.0 Å². The molecule has 2 aromatic carbocycles. The number of hydrogen-bond acceptors (Lipinski definition) is 5. The molecular formula is C22H23Cl2N5O4S. The average Bonchev–Trinajstić information content (AvgIpc) is 2.72. The number of guanidine groups is 1. The lowest BCUT2D eigenvalue weighted by molar-refractivity contribution is -0.122. The van der Waals surface area contributed by atoms with E-state index < -0.39 is 27.4 Å².